The number of aliphatic hydroxyl groups is 1. The normalized spacial score (nSPS) is 12.6. The molecule has 0 saturated heterocycles. The van der Waals surface area contributed by atoms with Crippen LogP contribution in [0.5, 0.6) is 0 Å². The molecule has 0 aliphatic rings. The van der Waals surface area contributed by atoms with E-state index >= 15 is 0 Å². The van der Waals surface area contributed by atoms with Crippen molar-refractivity contribution in [1.82, 2.24) is 0 Å². The molecule has 0 bridgehead atoms. The number of benzene rings is 3. The third-order valence-electron chi connectivity index (χ3n) is 3.62. The van der Waals surface area contributed by atoms with E-state index in [1.165, 1.54) is 6.07 Å². The Morgan fingerprint density at radius 3 is 2.50 bits per heavy atom. The van der Waals surface area contributed by atoms with Gasteiger partial charge in [-0.2, -0.15) is 0 Å². The zero-order valence-electron chi connectivity index (χ0n) is 11.2. The predicted molar refractivity (Wildman–Crippen MR) is 79.1 cm³/mol. The molecule has 2 heteroatoms. The van der Waals surface area contributed by atoms with Gasteiger partial charge in [0, 0.05) is 0 Å². The Kier molecular flexibility index (Phi) is 3.25. The SMILES string of the molecule is Cc1cc(C(O)c2cccc3ccccc23)ccc1F. The van der Waals surface area contributed by atoms with Gasteiger partial charge >= 0.3 is 0 Å². The van der Waals surface area contributed by atoms with Gasteiger partial charge in [-0.05, 0) is 40.5 Å². The van der Waals surface area contributed by atoms with Crippen molar-refractivity contribution >= 4 is 10.8 Å². The van der Waals surface area contributed by atoms with Crippen molar-refractivity contribution in [2.45, 2.75) is 13.0 Å². The van der Waals surface area contributed by atoms with Crippen LogP contribution in [0.4, 0.5) is 4.39 Å². The van der Waals surface area contributed by atoms with Gasteiger partial charge in [0.15, 0.2) is 0 Å². The Morgan fingerprint density at radius 2 is 1.70 bits per heavy atom. The number of halogens is 1. The van der Waals surface area contributed by atoms with E-state index < -0.39 is 6.10 Å². The van der Waals surface area contributed by atoms with Gasteiger partial charge in [-0.15, -0.1) is 0 Å². The molecule has 1 atom stereocenters. The minimum atomic E-state index is -0.750. The maximum atomic E-state index is 13.3. The van der Waals surface area contributed by atoms with Crippen LogP contribution in [-0.2, 0) is 0 Å². The van der Waals surface area contributed by atoms with Crippen LogP contribution in [-0.4, -0.2) is 5.11 Å². The molecule has 0 spiro atoms. The lowest BCUT2D eigenvalue weighted by Gasteiger charge is -2.15. The van der Waals surface area contributed by atoms with E-state index in [4.69, 9.17) is 0 Å². The van der Waals surface area contributed by atoms with Gasteiger partial charge in [-0.1, -0.05) is 54.6 Å². The van der Waals surface area contributed by atoms with E-state index in [-0.39, 0.29) is 5.82 Å². The Morgan fingerprint density at radius 1 is 0.950 bits per heavy atom. The summed E-state index contributed by atoms with van der Waals surface area (Å²) >= 11 is 0. The molecule has 0 aliphatic carbocycles. The molecule has 0 amide bonds. The molecule has 1 nitrogen and oxygen atoms in total. The van der Waals surface area contributed by atoms with Gasteiger partial charge < -0.3 is 5.11 Å². The lowest BCUT2D eigenvalue weighted by atomic mass is 9.95. The van der Waals surface area contributed by atoms with Crippen molar-refractivity contribution < 1.29 is 9.50 Å². The standard InChI is InChI=1S/C18H15FO/c1-12-11-14(9-10-17(12)19)18(20)16-8-4-6-13-5-2-3-7-15(13)16/h2-11,18,20H,1H3. The fourth-order valence-corrected chi connectivity index (χ4v) is 2.51. The number of aryl methyl sites for hydroxylation is 1. The summed E-state index contributed by atoms with van der Waals surface area (Å²) in [6.45, 7) is 1.70. The highest BCUT2D eigenvalue weighted by Crippen LogP contribution is 2.29. The first kappa shape index (κ1) is 12.8. The van der Waals surface area contributed by atoms with Crippen LogP contribution in [0.15, 0.2) is 60.7 Å². The van der Waals surface area contributed by atoms with Gasteiger partial charge in [0.1, 0.15) is 11.9 Å². The summed E-state index contributed by atoms with van der Waals surface area (Å²) in [6, 6.07) is 18.5. The second-order valence-corrected chi connectivity index (χ2v) is 4.98. The molecule has 1 N–H and O–H groups in total. The summed E-state index contributed by atoms with van der Waals surface area (Å²) < 4.78 is 13.3. The first-order chi connectivity index (χ1) is 9.66. The Labute approximate surface area is 117 Å². The number of hydrogen-bond donors (Lipinski definition) is 1. The van der Waals surface area contributed by atoms with Crippen molar-refractivity contribution in [3.63, 3.8) is 0 Å². The summed E-state index contributed by atoms with van der Waals surface area (Å²) in [5, 5.41) is 12.7. The Bertz CT molecular complexity index is 759. The highest BCUT2D eigenvalue weighted by atomic mass is 19.1. The van der Waals surface area contributed by atoms with Crippen molar-refractivity contribution in [3.05, 3.63) is 83.2 Å². The van der Waals surface area contributed by atoms with Gasteiger partial charge in [0.2, 0.25) is 0 Å². The molecule has 0 saturated carbocycles. The number of fused-ring (bicyclic) bond motifs is 1. The second-order valence-electron chi connectivity index (χ2n) is 4.98. The van der Waals surface area contributed by atoms with Crippen LogP contribution >= 0.6 is 0 Å². The summed E-state index contributed by atoms with van der Waals surface area (Å²) in [4.78, 5) is 0. The summed E-state index contributed by atoms with van der Waals surface area (Å²) in [6.07, 6.45) is -0.750. The molecular formula is C18H15FO. The number of rotatable bonds is 2. The van der Waals surface area contributed by atoms with Gasteiger partial charge in [-0.3, -0.25) is 0 Å². The van der Waals surface area contributed by atoms with Crippen LogP contribution in [0, 0.1) is 12.7 Å². The molecule has 0 aromatic heterocycles. The quantitative estimate of drug-likeness (QED) is 0.730. The first-order valence-corrected chi connectivity index (χ1v) is 6.58. The maximum Gasteiger partial charge on any atom is 0.126 e. The van der Waals surface area contributed by atoms with Crippen molar-refractivity contribution in [1.29, 1.82) is 0 Å². The van der Waals surface area contributed by atoms with E-state index in [1.807, 2.05) is 42.5 Å². The molecule has 100 valence electrons. The third-order valence-corrected chi connectivity index (χ3v) is 3.62. The first-order valence-electron chi connectivity index (χ1n) is 6.58. The topological polar surface area (TPSA) is 20.2 Å². The largest absolute Gasteiger partial charge is 0.384 e. The molecule has 0 aliphatic heterocycles. The summed E-state index contributed by atoms with van der Waals surface area (Å²) in [5.74, 6) is -0.251. The molecule has 3 aromatic rings. The molecule has 1 unspecified atom stereocenters. The number of hydrogen-bond acceptors (Lipinski definition) is 1. The van der Waals surface area contributed by atoms with Gasteiger partial charge in [-0.25, -0.2) is 4.39 Å². The van der Waals surface area contributed by atoms with Crippen LogP contribution in [0.2, 0.25) is 0 Å². The zero-order chi connectivity index (χ0) is 14.1. The fourth-order valence-electron chi connectivity index (χ4n) is 2.51. The molecule has 3 rings (SSSR count). The van der Waals surface area contributed by atoms with Gasteiger partial charge in [0.05, 0.1) is 0 Å². The average molecular weight is 266 g/mol. The highest BCUT2D eigenvalue weighted by Gasteiger charge is 2.14. The van der Waals surface area contributed by atoms with E-state index in [9.17, 15) is 9.50 Å². The lowest BCUT2D eigenvalue weighted by molar-refractivity contribution is 0.221. The Balaban J connectivity index is 2.12. The smallest absolute Gasteiger partial charge is 0.126 e. The summed E-state index contributed by atoms with van der Waals surface area (Å²) in [7, 11) is 0. The monoisotopic (exact) mass is 266 g/mol. The van der Waals surface area contributed by atoms with Crippen LogP contribution in [0.3, 0.4) is 0 Å². The van der Waals surface area contributed by atoms with Crippen molar-refractivity contribution in [3.8, 4) is 0 Å². The van der Waals surface area contributed by atoms with E-state index in [2.05, 4.69) is 0 Å². The van der Waals surface area contributed by atoms with Crippen LogP contribution in [0.25, 0.3) is 10.8 Å². The molecule has 3 aromatic carbocycles. The molecule has 0 heterocycles. The Hall–Kier alpha value is -2.19. The molecule has 0 radical (unpaired) electrons. The van der Waals surface area contributed by atoms with Crippen molar-refractivity contribution in [2.24, 2.45) is 0 Å². The summed E-state index contributed by atoms with van der Waals surface area (Å²) in [5.41, 5.74) is 2.09. The third kappa shape index (κ3) is 2.19. The van der Waals surface area contributed by atoms with E-state index in [0.717, 1.165) is 16.3 Å². The molecule has 0 fully saturated rings. The van der Waals surface area contributed by atoms with Crippen molar-refractivity contribution in [2.75, 3.05) is 0 Å². The van der Waals surface area contributed by atoms with Crippen LogP contribution < -0.4 is 0 Å². The zero-order valence-corrected chi connectivity index (χ0v) is 11.2. The van der Waals surface area contributed by atoms with E-state index in [0.29, 0.717) is 11.1 Å². The lowest BCUT2D eigenvalue weighted by Crippen LogP contribution is -2.01. The maximum absolute atomic E-state index is 13.3. The minimum absolute atomic E-state index is 0.251. The number of aliphatic hydroxyl groups excluding tert-OH is 1. The second kappa shape index (κ2) is 5.06. The van der Waals surface area contributed by atoms with Gasteiger partial charge in [0.25, 0.3) is 0 Å². The van der Waals surface area contributed by atoms with Crippen LogP contribution in [0.1, 0.15) is 22.8 Å². The van der Waals surface area contributed by atoms with E-state index in [1.54, 1.807) is 19.1 Å². The fraction of sp³-hybridized carbons (Fsp3) is 0.111. The molecule has 20 heavy (non-hydrogen) atoms. The predicted octanol–water partition coefficient (Wildman–Crippen LogP) is 4.37. The average Bonchev–Trinajstić information content (AvgIpc) is 2.49. The highest BCUT2D eigenvalue weighted by molar-refractivity contribution is 5.86. The minimum Gasteiger partial charge on any atom is -0.384 e. The molecular weight excluding hydrogens is 251 g/mol.